The second-order valence-electron chi connectivity index (χ2n) is 5.19. The fourth-order valence-corrected chi connectivity index (χ4v) is 2.42. The SMILES string of the molecule is O=C(C[n+]1cccc(O)c1)Nc1ccccc1-c1ccccc1. The Hall–Kier alpha value is -3.14. The average Bonchev–Trinajstić information content (AvgIpc) is 2.56. The van der Waals surface area contributed by atoms with Crippen molar-refractivity contribution < 1.29 is 14.5 Å². The summed E-state index contributed by atoms with van der Waals surface area (Å²) in [5.41, 5.74) is 2.79. The number of hydrogen-bond donors (Lipinski definition) is 2. The minimum absolute atomic E-state index is 0.130. The first-order valence-corrected chi connectivity index (χ1v) is 7.35. The van der Waals surface area contributed by atoms with Crippen LogP contribution in [0, 0.1) is 0 Å². The predicted molar refractivity (Wildman–Crippen MR) is 88.8 cm³/mol. The molecular weight excluding hydrogens is 288 g/mol. The molecule has 114 valence electrons. The Bertz CT molecular complexity index is 816. The zero-order chi connectivity index (χ0) is 16.1. The lowest BCUT2D eigenvalue weighted by atomic mass is 10.0. The molecule has 0 radical (unpaired) electrons. The van der Waals surface area contributed by atoms with Crippen LogP contribution in [0.25, 0.3) is 11.1 Å². The number of nitrogens with zero attached hydrogens (tertiary/aromatic N) is 1. The molecular formula is C19H17N2O2+. The molecule has 0 saturated carbocycles. The van der Waals surface area contributed by atoms with E-state index >= 15 is 0 Å². The number of amides is 1. The van der Waals surface area contributed by atoms with Gasteiger partial charge in [0.2, 0.25) is 12.7 Å². The van der Waals surface area contributed by atoms with Crippen molar-refractivity contribution in [2.75, 3.05) is 5.32 Å². The number of anilines is 1. The lowest BCUT2D eigenvalue weighted by molar-refractivity contribution is -0.684. The van der Waals surface area contributed by atoms with Crippen LogP contribution < -0.4 is 9.88 Å². The standard InChI is InChI=1S/C19H16N2O2/c22-16-9-6-12-21(13-16)14-19(23)20-18-11-5-4-10-17(18)15-7-2-1-3-8-15/h1-13H,14H2,(H-,20,22,23)/p+1. The van der Waals surface area contributed by atoms with Crippen LogP contribution in [0.5, 0.6) is 5.75 Å². The van der Waals surface area contributed by atoms with E-state index in [-0.39, 0.29) is 18.2 Å². The van der Waals surface area contributed by atoms with E-state index in [1.54, 1.807) is 22.9 Å². The molecule has 0 aliphatic heterocycles. The summed E-state index contributed by atoms with van der Waals surface area (Å²) in [5, 5.41) is 12.4. The number of carbonyl (C=O) groups is 1. The normalized spacial score (nSPS) is 10.3. The highest BCUT2D eigenvalue weighted by Gasteiger charge is 2.12. The molecule has 1 aromatic heterocycles. The highest BCUT2D eigenvalue weighted by molar-refractivity contribution is 5.94. The molecule has 2 N–H and O–H groups in total. The second-order valence-corrected chi connectivity index (χ2v) is 5.19. The Morgan fingerprint density at radius 1 is 0.957 bits per heavy atom. The summed E-state index contributed by atoms with van der Waals surface area (Å²) in [7, 11) is 0. The van der Waals surface area contributed by atoms with E-state index in [1.165, 1.54) is 6.20 Å². The molecule has 0 spiro atoms. The fourth-order valence-electron chi connectivity index (χ4n) is 2.42. The summed E-state index contributed by atoms with van der Waals surface area (Å²) in [6, 6.07) is 20.9. The van der Waals surface area contributed by atoms with Crippen LogP contribution in [0.1, 0.15) is 0 Å². The summed E-state index contributed by atoms with van der Waals surface area (Å²) in [6.07, 6.45) is 3.26. The maximum atomic E-state index is 12.3. The Morgan fingerprint density at radius 2 is 1.70 bits per heavy atom. The summed E-state index contributed by atoms with van der Waals surface area (Å²) >= 11 is 0. The molecule has 2 aromatic carbocycles. The maximum Gasteiger partial charge on any atom is 0.290 e. The Labute approximate surface area is 134 Å². The van der Waals surface area contributed by atoms with Crippen molar-refractivity contribution in [3.8, 4) is 16.9 Å². The van der Waals surface area contributed by atoms with Gasteiger partial charge in [-0.3, -0.25) is 4.79 Å². The molecule has 0 aliphatic rings. The summed E-state index contributed by atoms with van der Waals surface area (Å²) in [5.74, 6) is -0.0195. The summed E-state index contributed by atoms with van der Waals surface area (Å²) in [4.78, 5) is 12.3. The Balaban J connectivity index is 1.79. The Kier molecular flexibility index (Phi) is 4.34. The minimum atomic E-state index is -0.149. The van der Waals surface area contributed by atoms with E-state index in [9.17, 15) is 9.90 Å². The van der Waals surface area contributed by atoms with Crippen LogP contribution in [-0.4, -0.2) is 11.0 Å². The number of nitrogens with one attached hydrogen (secondary N) is 1. The topological polar surface area (TPSA) is 53.2 Å². The van der Waals surface area contributed by atoms with Crippen LogP contribution in [0.4, 0.5) is 5.69 Å². The molecule has 0 unspecified atom stereocenters. The van der Waals surface area contributed by atoms with E-state index in [4.69, 9.17) is 0 Å². The first kappa shape index (κ1) is 14.8. The predicted octanol–water partition coefficient (Wildman–Crippen LogP) is 2.99. The fraction of sp³-hybridized carbons (Fsp3) is 0.0526. The van der Waals surface area contributed by atoms with E-state index in [2.05, 4.69) is 5.32 Å². The van der Waals surface area contributed by atoms with Crippen molar-refractivity contribution in [1.82, 2.24) is 0 Å². The lowest BCUT2D eigenvalue weighted by Gasteiger charge is -2.10. The van der Waals surface area contributed by atoms with Crippen LogP contribution in [0.2, 0.25) is 0 Å². The van der Waals surface area contributed by atoms with Crippen LogP contribution in [-0.2, 0) is 11.3 Å². The van der Waals surface area contributed by atoms with Gasteiger partial charge in [0.15, 0.2) is 11.9 Å². The molecule has 23 heavy (non-hydrogen) atoms. The number of aromatic nitrogens is 1. The van der Waals surface area contributed by atoms with Crippen molar-refractivity contribution in [1.29, 1.82) is 0 Å². The largest absolute Gasteiger partial charge is 0.503 e. The van der Waals surface area contributed by atoms with Crippen molar-refractivity contribution >= 4 is 11.6 Å². The van der Waals surface area contributed by atoms with Gasteiger partial charge in [0.25, 0.3) is 5.91 Å². The molecule has 0 atom stereocenters. The van der Waals surface area contributed by atoms with Crippen molar-refractivity contribution in [2.24, 2.45) is 0 Å². The van der Waals surface area contributed by atoms with Gasteiger partial charge < -0.3 is 10.4 Å². The summed E-state index contributed by atoms with van der Waals surface area (Å²) < 4.78 is 1.63. The van der Waals surface area contributed by atoms with Gasteiger partial charge in [-0.2, -0.15) is 4.57 Å². The molecule has 4 nitrogen and oxygen atoms in total. The van der Waals surface area contributed by atoms with Gasteiger partial charge in [-0.05, 0) is 17.7 Å². The minimum Gasteiger partial charge on any atom is -0.503 e. The number of para-hydroxylation sites is 1. The van der Waals surface area contributed by atoms with Gasteiger partial charge in [-0.25, -0.2) is 0 Å². The van der Waals surface area contributed by atoms with E-state index in [0.29, 0.717) is 0 Å². The zero-order valence-corrected chi connectivity index (χ0v) is 12.5. The first-order valence-electron chi connectivity index (χ1n) is 7.35. The molecule has 3 aromatic rings. The molecule has 4 heteroatoms. The Morgan fingerprint density at radius 3 is 2.48 bits per heavy atom. The van der Waals surface area contributed by atoms with Crippen LogP contribution in [0.15, 0.2) is 79.1 Å². The van der Waals surface area contributed by atoms with Crippen LogP contribution in [0.3, 0.4) is 0 Å². The number of pyridine rings is 1. The molecule has 0 aliphatic carbocycles. The van der Waals surface area contributed by atoms with Gasteiger partial charge in [0, 0.05) is 17.3 Å². The van der Waals surface area contributed by atoms with Gasteiger partial charge in [0.05, 0.1) is 0 Å². The van der Waals surface area contributed by atoms with Crippen molar-refractivity contribution in [3.05, 3.63) is 79.1 Å². The summed E-state index contributed by atoms with van der Waals surface area (Å²) in [6.45, 7) is 0.136. The smallest absolute Gasteiger partial charge is 0.290 e. The number of rotatable bonds is 4. The van der Waals surface area contributed by atoms with Gasteiger partial charge >= 0.3 is 0 Å². The van der Waals surface area contributed by atoms with E-state index in [0.717, 1.165) is 16.8 Å². The van der Waals surface area contributed by atoms with Crippen molar-refractivity contribution in [3.63, 3.8) is 0 Å². The van der Waals surface area contributed by atoms with E-state index < -0.39 is 0 Å². The lowest BCUT2D eigenvalue weighted by Crippen LogP contribution is -2.39. The quantitative estimate of drug-likeness (QED) is 0.728. The van der Waals surface area contributed by atoms with Crippen LogP contribution >= 0.6 is 0 Å². The zero-order valence-electron chi connectivity index (χ0n) is 12.5. The van der Waals surface area contributed by atoms with Gasteiger partial charge in [0.1, 0.15) is 0 Å². The third-order valence-electron chi connectivity index (χ3n) is 3.45. The maximum absolute atomic E-state index is 12.3. The molecule has 0 bridgehead atoms. The number of carbonyl (C=O) groups excluding carboxylic acids is 1. The molecule has 3 rings (SSSR count). The second kappa shape index (κ2) is 6.75. The molecule has 1 heterocycles. The molecule has 0 saturated heterocycles. The number of aromatic hydroxyl groups is 1. The third-order valence-corrected chi connectivity index (χ3v) is 3.45. The van der Waals surface area contributed by atoms with Crippen molar-refractivity contribution in [2.45, 2.75) is 6.54 Å². The van der Waals surface area contributed by atoms with E-state index in [1.807, 2.05) is 54.6 Å². The first-order chi connectivity index (χ1) is 11.2. The highest BCUT2D eigenvalue weighted by atomic mass is 16.3. The highest BCUT2D eigenvalue weighted by Crippen LogP contribution is 2.27. The number of hydrogen-bond acceptors (Lipinski definition) is 2. The number of benzene rings is 2. The molecule has 1 amide bonds. The van der Waals surface area contributed by atoms with Gasteiger partial charge in [-0.15, -0.1) is 0 Å². The molecule has 0 fully saturated rings. The third kappa shape index (κ3) is 3.74. The monoisotopic (exact) mass is 305 g/mol. The average molecular weight is 305 g/mol. The van der Waals surface area contributed by atoms with Gasteiger partial charge in [-0.1, -0.05) is 48.5 Å².